The minimum atomic E-state index is -0.739. The predicted molar refractivity (Wildman–Crippen MR) is 94.4 cm³/mol. The standard InChI is InChI=1S/C19H34N2O3/c1-18(9-5-3-6-10-18)16(23)20-13-15(22)14-21-17(24)19(2)11-7-4-8-12-19/h15,22H,3-14H2,1-2H3,(H,20,23)(H,21,24). The van der Waals surface area contributed by atoms with Gasteiger partial charge >= 0.3 is 0 Å². The molecule has 0 spiro atoms. The fourth-order valence-electron chi connectivity index (χ4n) is 4.04. The van der Waals surface area contributed by atoms with Gasteiger partial charge in [0.15, 0.2) is 0 Å². The van der Waals surface area contributed by atoms with Crippen LogP contribution in [0.3, 0.4) is 0 Å². The Morgan fingerprint density at radius 2 is 1.12 bits per heavy atom. The predicted octanol–water partition coefficient (Wildman–Crippen LogP) is 2.52. The van der Waals surface area contributed by atoms with E-state index in [2.05, 4.69) is 10.6 Å². The van der Waals surface area contributed by atoms with Crippen LogP contribution in [0, 0.1) is 10.8 Å². The molecule has 0 unspecified atom stereocenters. The molecule has 2 aliphatic rings. The van der Waals surface area contributed by atoms with Crippen LogP contribution < -0.4 is 10.6 Å². The monoisotopic (exact) mass is 338 g/mol. The van der Waals surface area contributed by atoms with Gasteiger partial charge in [0.25, 0.3) is 0 Å². The third-order valence-corrected chi connectivity index (χ3v) is 6.01. The number of carbonyl (C=O) groups excluding carboxylic acids is 2. The van der Waals surface area contributed by atoms with E-state index in [-0.39, 0.29) is 35.7 Å². The van der Waals surface area contributed by atoms with Crippen LogP contribution in [0.4, 0.5) is 0 Å². The molecule has 0 aromatic rings. The molecule has 0 heterocycles. The molecule has 0 aliphatic heterocycles. The van der Waals surface area contributed by atoms with Gasteiger partial charge in [-0.05, 0) is 25.7 Å². The average molecular weight is 338 g/mol. The van der Waals surface area contributed by atoms with Gasteiger partial charge in [0.1, 0.15) is 0 Å². The van der Waals surface area contributed by atoms with Crippen molar-refractivity contribution >= 4 is 11.8 Å². The zero-order valence-electron chi connectivity index (χ0n) is 15.3. The zero-order valence-corrected chi connectivity index (χ0v) is 15.3. The minimum Gasteiger partial charge on any atom is -0.389 e. The van der Waals surface area contributed by atoms with Crippen LogP contribution in [0.2, 0.25) is 0 Å². The van der Waals surface area contributed by atoms with Gasteiger partial charge in [-0.2, -0.15) is 0 Å². The Kier molecular flexibility index (Phi) is 6.67. The minimum absolute atomic E-state index is 0.0341. The number of aliphatic hydroxyl groups is 1. The molecule has 0 saturated heterocycles. The number of carbonyl (C=O) groups is 2. The lowest BCUT2D eigenvalue weighted by Gasteiger charge is -2.33. The van der Waals surface area contributed by atoms with E-state index in [0.29, 0.717) is 0 Å². The summed E-state index contributed by atoms with van der Waals surface area (Å²) in [5, 5.41) is 15.8. The lowest BCUT2D eigenvalue weighted by atomic mass is 9.75. The van der Waals surface area contributed by atoms with Crippen LogP contribution in [0.25, 0.3) is 0 Å². The van der Waals surface area contributed by atoms with Crippen LogP contribution in [0.15, 0.2) is 0 Å². The molecule has 138 valence electrons. The van der Waals surface area contributed by atoms with Crippen molar-refractivity contribution in [2.75, 3.05) is 13.1 Å². The van der Waals surface area contributed by atoms with Crippen molar-refractivity contribution in [3.63, 3.8) is 0 Å². The number of aliphatic hydroxyl groups excluding tert-OH is 1. The second-order valence-corrected chi connectivity index (χ2v) is 8.32. The first-order chi connectivity index (χ1) is 11.4. The molecule has 0 radical (unpaired) electrons. The van der Waals surface area contributed by atoms with Gasteiger partial charge < -0.3 is 15.7 Å². The van der Waals surface area contributed by atoms with Gasteiger partial charge in [0, 0.05) is 23.9 Å². The van der Waals surface area contributed by atoms with Crippen LogP contribution in [-0.2, 0) is 9.59 Å². The highest BCUT2D eigenvalue weighted by Crippen LogP contribution is 2.36. The summed E-state index contributed by atoms with van der Waals surface area (Å²) in [5.74, 6) is 0.0682. The topological polar surface area (TPSA) is 78.4 Å². The molecule has 24 heavy (non-hydrogen) atoms. The zero-order chi connectivity index (χ0) is 17.6. The highest BCUT2D eigenvalue weighted by molar-refractivity contribution is 5.83. The van der Waals surface area contributed by atoms with Crippen molar-refractivity contribution < 1.29 is 14.7 Å². The maximum atomic E-state index is 12.4. The van der Waals surface area contributed by atoms with E-state index in [4.69, 9.17) is 0 Å². The van der Waals surface area contributed by atoms with Crippen molar-refractivity contribution in [1.82, 2.24) is 10.6 Å². The molecule has 5 heteroatoms. The lowest BCUT2D eigenvalue weighted by molar-refractivity contribution is -0.132. The molecule has 0 bridgehead atoms. The van der Waals surface area contributed by atoms with Crippen molar-refractivity contribution in [1.29, 1.82) is 0 Å². The summed E-state index contributed by atoms with van der Waals surface area (Å²) >= 11 is 0. The summed E-state index contributed by atoms with van der Waals surface area (Å²) in [7, 11) is 0. The fraction of sp³-hybridized carbons (Fsp3) is 0.895. The number of hydrogen-bond acceptors (Lipinski definition) is 3. The van der Waals surface area contributed by atoms with Crippen molar-refractivity contribution in [2.45, 2.75) is 84.2 Å². The fourth-order valence-corrected chi connectivity index (χ4v) is 4.04. The quantitative estimate of drug-likeness (QED) is 0.696. The maximum Gasteiger partial charge on any atom is 0.226 e. The van der Waals surface area contributed by atoms with Gasteiger partial charge in [0.2, 0.25) is 11.8 Å². The first-order valence-corrected chi connectivity index (χ1v) is 9.60. The van der Waals surface area contributed by atoms with E-state index in [1.54, 1.807) is 0 Å². The Labute approximate surface area is 146 Å². The van der Waals surface area contributed by atoms with E-state index < -0.39 is 6.10 Å². The van der Waals surface area contributed by atoms with Gasteiger partial charge in [-0.15, -0.1) is 0 Å². The Hall–Kier alpha value is -1.10. The largest absolute Gasteiger partial charge is 0.389 e. The second kappa shape index (κ2) is 8.32. The Bertz CT molecular complexity index is 398. The smallest absolute Gasteiger partial charge is 0.226 e. The SMILES string of the molecule is CC1(C(=O)NCC(O)CNC(=O)C2(C)CCCCC2)CCCCC1. The van der Waals surface area contributed by atoms with Crippen LogP contribution in [-0.4, -0.2) is 36.1 Å². The molecular weight excluding hydrogens is 304 g/mol. The molecule has 5 nitrogen and oxygen atoms in total. The summed E-state index contributed by atoms with van der Waals surface area (Å²) in [6.45, 7) is 4.43. The molecule has 0 aromatic heterocycles. The van der Waals surface area contributed by atoms with Crippen molar-refractivity contribution in [2.24, 2.45) is 10.8 Å². The summed E-state index contributed by atoms with van der Waals surface area (Å²) in [6.07, 6.45) is 9.75. The van der Waals surface area contributed by atoms with E-state index in [1.165, 1.54) is 12.8 Å². The highest BCUT2D eigenvalue weighted by Gasteiger charge is 2.35. The normalized spacial score (nSPS) is 22.8. The summed E-state index contributed by atoms with van der Waals surface area (Å²) < 4.78 is 0. The number of rotatable bonds is 6. The van der Waals surface area contributed by atoms with E-state index in [1.807, 2.05) is 13.8 Å². The molecule has 0 atom stereocenters. The second-order valence-electron chi connectivity index (χ2n) is 8.32. The molecule has 3 N–H and O–H groups in total. The lowest BCUT2D eigenvalue weighted by Crippen LogP contribution is -2.47. The number of hydrogen-bond donors (Lipinski definition) is 3. The average Bonchev–Trinajstić information content (AvgIpc) is 2.58. The molecular formula is C19H34N2O3. The first-order valence-electron chi connectivity index (χ1n) is 9.60. The van der Waals surface area contributed by atoms with E-state index in [9.17, 15) is 14.7 Å². The Balaban J connectivity index is 1.70. The van der Waals surface area contributed by atoms with Crippen molar-refractivity contribution in [3.05, 3.63) is 0 Å². The van der Waals surface area contributed by atoms with Gasteiger partial charge in [-0.1, -0.05) is 52.4 Å². The summed E-state index contributed by atoms with van der Waals surface area (Å²) in [5.41, 5.74) is -0.590. The number of nitrogens with one attached hydrogen (secondary N) is 2. The molecule has 2 saturated carbocycles. The molecule has 0 aromatic carbocycles. The van der Waals surface area contributed by atoms with Crippen LogP contribution >= 0.6 is 0 Å². The molecule has 2 amide bonds. The summed E-state index contributed by atoms with van der Waals surface area (Å²) in [4.78, 5) is 24.7. The third kappa shape index (κ3) is 4.95. The van der Waals surface area contributed by atoms with Crippen LogP contribution in [0.5, 0.6) is 0 Å². The number of amides is 2. The van der Waals surface area contributed by atoms with Crippen molar-refractivity contribution in [3.8, 4) is 0 Å². The molecule has 2 rings (SSSR count). The van der Waals surface area contributed by atoms with E-state index >= 15 is 0 Å². The van der Waals surface area contributed by atoms with Gasteiger partial charge in [0.05, 0.1) is 6.10 Å². The third-order valence-electron chi connectivity index (χ3n) is 6.01. The van der Waals surface area contributed by atoms with Gasteiger partial charge in [-0.3, -0.25) is 9.59 Å². The Morgan fingerprint density at radius 1 is 0.792 bits per heavy atom. The maximum absolute atomic E-state index is 12.4. The summed E-state index contributed by atoms with van der Waals surface area (Å²) in [6, 6.07) is 0. The first kappa shape index (κ1) is 19.2. The van der Waals surface area contributed by atoms with Crippen LogP contribution in [0.1, 0.15) is 78.1 Å². The van der Waals surface area contributed by atoms with E-state index in [0.717, 1.165) is 51.4 Å². The highest BCUT2D eigenvalue weighted by atomic mass is 16.3. The molecule has 2 aliphatic carbocycles. The Morgan fingerprint density at radius 3 is 1.46 bits per heavy atom. The van der Waals surface area contributed by atoms with Gasteiger partial charge in [-0.25, -0.2) is 0 Å². The molecule has 2 fully saturated rings.